The molecule has 0 radical (unpaired) electrons. The summed E-state index contributed by atoms with van der Waals surface area (Å²) in [5.74, 6) is 1.72. The van der Waals surface area contributed by atoms with E-state index in [0.717, 1.165) is 32.6 Å². The molecule has 0 aliphatic carbocycles. The summed E-state index contributed by atoms with van der Waals surface area (Å²) in [4.78, 5) is 16.8. The van der Waals surface area contributed by atoms with Crippen LogP contribution in [0, 0.1) is 29.1 Å². The number of fused-ring (bicyclic) bond motifs is 2. The number of nitriles is 1. The predicted molar refractivity (Wildman–Crippen MR) is 110 cm³/mol. The largest absolute Gasteiger partial charge is 0.491 e. The molecule has 0 saturated carbocycles. The Bertz CT molecular complexity index is 717. The van der Waals surface area contributed by atoms with Gasteiger partial charge in [-0.25, -0.2) is 0 Å². The van der Waals surface area contributed by atoms with E-state index >= 15 is 0 Å². The molecule has 29 heavy (non-hydrogen) atoms. The Kier molecular flexibility index (Phi) is 7.12. The topological polar surface area (TPSA) is 103 Å². The lowest BCUT2D eigenvalue weighted by molar-refractivity contribution is -0.138. The standard InChI is InChI=1S/C22H32N4O3/c1-15(2)21(24)22(28)26-11-17-7-18(12-26)10-25(9-17)13-19(27)14-29-20-5-3-16(8-23)4-6-20/h3-6,15,17-19,21,27H,7,9-14,24H2,1-2H3/t17?,18?,19-,21-/m0/s1. The number of likely N-dealkylation sites (tertiary alicyclic amines) is 2. The van der Waals surface area contributed by atoms with Crippen LogP contribution in [-0.2, 0) is 4.79 Å². The number of aliphatic hydroxyl groups is 1. The molecule has 1 aromatic rings. The zero-order valence-corrected chi connectivity index (χ0v) is 17.3. The second-order valence-corrected chi connectivity index (χ2v) is 8.80. The van der Waals surface area contributed by atoms with Crippen LogP contribution in [0.5, 0.6) is 5.75 Å². The van der Waals surface area contributed by atoms with Gasteiger partial charge in [0.25, 0.3) is 0 Å². The van der Waals surface area contributed by atoms with Crippen LogP contribution in [0.25, 0.3) is 0 Å². The van der Waals surface area contributed by atoms with Crippen LogP contribution in [0.3, 0.4) is 0 Å². The SMILES string of the molecule is CC(C)[C@H](N)C(=O)N1CC2CC(CN(C[C@H](O)COc3ccc(C#N)cc3)C2)C1. The molecule has 1 aromatic carbocycles. The van der Waals surface area contributed by atoms with Crippen molar-refractivity contribution >= 4 is 5.91 Å². The summed E-state index contributed by atoms with van der Waals surface area (Å²) >= 11 is 0. The molecule has 2 heterocycles. The number of β-amino-alcohol motifs (C(OH)–C–C–N with tert-alkyl or cyclic N) is 1. The Morgan fingerprint density at radius 2 is 1.86 bits per heavy atom. The number of nitrogens with zero attached hydrogens (tertiary/aromatic N) is 3. The van der Waals surface area contributed by atoms with E-state index in [2.05, 4.69) is 11.0 Å². The molecular weight excluding hydrogens is 368 g/mol. The van der Waals surface area contributed by atoms with Gasteiger partial charge in [-0.15, -0.1) is 0 Å². The summed E-state index contributed by atoms with van der Waals surface area (Å²) in [6.07, 6.45) is 0.547. The highest BCUT2D eigenvalue weighted by Gasteiger charge is 2.37. The Morgan fingerprint density at radius 3 is 2.41 bits per heavy atom. The van der Waals surface area contributed by atoms with E-state index in [9.17, 15) is 9.90 Å². The van der Waals surface area contributed by atoms with Gasteiger partial charge in [0.15, 0.2) is 0 Å². The lowest BCUT2D eigenvalue weighted by atomic mass is 9.84. The fourth-order valence-corrected chi connectivity index (χ4v) is 4.38. The second-order valence-electron chi connectivity index (χ2n) is 8.80. The van der Waals surface area contributed by atoms with E-state index in [4.69, 9.17) is 15.7 Å². The minimum absolute atomic E-state index is 0.0685. The van der Waals surface area contributed by atoms with Crippen LogP contribution in [0.4, 0.5) is 0 Å². The van der Waals surface area contributed by atoms with Gasteiger partial charge in [0.1, 0.15) is 18.5 Å². The van der Waals surface area contributed by atoms with E-state index in [-0.39, 0.29) is 18.4 Å². The van der Waals surface area contributed by atoms with E-state index < -0.39 is 12.1 Å². The minimum atomic E-state index is -0.587. The third-order valence-corrected chi connectivity index (χ3v) is 5.87. The Balaban J connectivity index is 1.45. The second kappa shape index (κ2) is 9.57. The first kappa shape index (κ1) is 21.6. The van der Waals surface area contributed by atoms with Gasteiger partial charge in [0, 0.05) is 32.7 Å². The first-order valence-corrected chi connectivity index (χ1v) is 10.4. The van der Waals surface area contributed by atoms with Gasteiger partial charge in [0.05, 0.1) is 17.7 Å². The molecule has 2 aliphatic heterocycles. The summed E-state index contributed by atoms with van der Waals surface area (Å²) in [7, 11) is 0. The molecule has 7 nitrogen and oxygen atoms in total. The number of hydrogen-bond acceptors (Lipinski definition) is 6. The van der Waals surface area contributed by atoms with E-state index in [0.29, 0.717) is 29.7 Å². The number of hydrogen-bond donors (Lipinski definition) is 2. The summed E-state index contributed by atoms with van der Waals surface area (Å²) in [6.45, 7) is 8.01. The van der Waals surface area contributed by atoms with Crippen molar-refractivity contribution < 1.29 is 14.6 Å². The fourth-order valence-electron chi connectivity index (χ4n) is 4.38. The van der Waals surface area contributed by atoms with Crippen molar-refractivity contribution in [2.24, 2.45) is 23.5 Å². The van der Waals surface area contributed by atoms with Crippen LogP contribution in [0.15, 0.2) is 24.3 Å². The van der Waals surface area contributed by atoms with Crippen molar-refractivity contribution in [3.05, 3.63) is 29.8 Å². The van der Waals surface area contributed by atoms with Crippen LogP contribution < -0.4 is 10.5 Å². The van der Waals surface area contributed by atoms with Crippen molar-refractivity contribution in [2.45, 2.75) is 32.4 Å². The monoisotopic (exact) mass is 400 g/mol. The molecule has 2 fully saturated rings. The molecule has 7 heteroatoms. The maximum Gasteiger partial charge on any atom is 0.239 e. The highest BCUT2D eigenvalue weighted by atomic mass is 16.5. The van der Waals surface area contributed by atoms with E-state index in [1.165, 1.54) is 0 Å². The summed E-state index contributed by atoms with van der Waals surface area (Å²) in [5.41, 5.74) is 6.65. The van der Waals surface area contributed by atoms with Gasteiger partial charge in [-0.2, -0.15) is 5.26 Å². The van der Waals surface area contributed by atoms with Gasteiger partial charge in [-0.1, -0.05) is 13.8 Å². The minimum Gasteiger partial charge on any atom is -0.491 e. The van der Waals surface area contributed by atoms with E-state index in [1.807, 2.05) is 18.7 Å². The third-order valence-electron chi connectivity index (χ3n) is 5.87. The molecule has 158 valence electrons. The maximum absolute atomic E-state index is 12.6. The summed E-state index contributed by atoms with van der Waals surface area (Å²) < 4.78 is 5.65. The normalized spacial score (nSPS) is 24.1. The number of aliphatic hydroxyl groups excluding tert-OH is 1. The molecule has 2 saturated heterocycles. The Morgan fingerprint density at radius 1 is 1.24 bits per heavy atom. The number of carbonyl (C=O) groups excluding carboxylic acids is 1. The first-order valence-electron chi connectivity index (χ1n) is 10.4. The predicted octanol–water partition coefficient (Wildman–Crippen LogP) is 1.06. The smallest absolute Gasteiger partial charge is 0.239 e. The maximum atomic E-state index is 12.6. The molecule has 0 spiro atoms. The van der Waals surface area contributed by atoms with Gasteiger partial charge in [0.2, 0.25) is 5.91 Å². The Labute approximate surface area is 173 Å². The number of ether oxygens (including phenoxy) is 1. The number of benzene rings is 1. The molecule has 2 aliphatic rings. The average Bonchev–Trinajstić information content (AvgIpc) is 2.70. The van der Waals surface area contributed by atoms with Crippen LogP contribution in [-0.4, -0.2) is 72.3 Å². The Hall–Kier alpha value is -2.14. The zero-order valence-electron chi connectivity index (χ0n) is 17.3. The fraction of sp³-hybridized carbons (Fsp3) is 0.636. The summed E-state index contributed by atoms with van der Waals surface area (Å²) in [5, 5.41) is 19.2. The van der Waals surface area contributed by atoms with E-state index in [1.54, 1.807) is 24.3 Å². The molecule has 3 N–H and O–H groups in total. The van der Waals surface area contributed by atoms with Gasteiger partial charge < -0.3 is 20.5 Å². The van der Waals surface area contributed by atoms with Crippen molar-refractivity contribution in [3.8, 4) is 11.8 Å². The summed E-state index contributed by atoms with van der Waals surface area (Å²) in [6, 6.07) is 8.53. The lowest BCUT2D eigenvalue weighted by Gasteiger charge is -2.46. The first-order chi connectivity index (χ1) is 13.9. The van der Waals surface area contributed by atoms with Gasteiger partial charge in [-0.3, -0.25) is 9.69 Å². The van der Waals surface area contributed by atoms with Gasteiger partial charge >= 0.3 is 0 Å². The van der Waals surface area contributed by atoms with Crippen molar-refractivity contribution in [1.82, 2.24) is 9.80 Å². The molecule has 0 aromatic heterocycles. The lowest BCUT2D eigenvalue weighted by Crippen LogP contribution is -2.58. The van der Waals surface area contributed by atoms with Crippen molar-refractivity contribution in [3.63, 3.8) is 0 Å². The number of amides is 1. The van der Waals surface area contributed by atoms with Crippen LogP contribution in [0.1, 0.15) is 25.8 Å². The highest BCUT2D eigenvalue weighted by Crippen LogP contribution is 2.29. The molecule has 2 bridgehead atoms. The number of nitrogens with two attached hydrogens (primary N) is 1. The quantitative estimate of drug-likeness (QED) is 0.710. The number of rotatable bonds is 7. The third kappa shape index (κ3) is 5.69. The number of carbonyl (C=O) groups is 1. The molecule has 4 atom stereocenters. The van der Waals surface area contributed by atoms with Crippen LogP contribution >= 0.6 is 0 Å². The molecule has 2 unspecified atom stereocenters. The van der Waals surface area contributed by atoms with Crippen molar-refractivity contribution in [2.75, 3.05) is 39.3 Å². The zero-order chi connectivity index (χ0) is 21.0. The van der Waals surface area contributed by atoms with Crippen molar-refractivity contribution in [1.29, 1.82) is 5.26 Å². The average molecular weight is 401 g/mol. The van der Waals surface area contributed by atoms with Crippen LogP contribution in [0.2, 0.25) is 0 Å². The molecule has 1 amide bonds. The molecule has 3 rings (SSSR count). The van der Waals surface area contributed by atoms with Gasteiger partial charge in [-0.05, 0) is 48.4 Å². The molecular formula is C22H32N4O3. The highest BCUT2D eigenvalue weighted by molar-refractivity contribution is 5.82. The number of piperidine rings is 2.